The van der Waals surface area contributed by atoms with Crippen molar-refractivity contribution in [3.8, 4) is 0 Å². The number of hydrogen-bond acceptors (Lipinski definition) is 2. The van der Waals surface area contributed by atoms with Gasteiger partial charge in [0.15, 0.2) is 0 Å². The van der Waals surface area contributed by atoms with Crippen LogP contribution < -0.4 is 0 Å². The molecule has 0 saturated heterocycles. The van der Waals surface area contributed by atoms with Gasteiger partial charge in [-0.1, -0.05) is 0 Å². The molecule has 0 fully saturated rings. The fraction of sp³-hybridized carbons (Fsp3) is 0.500. The monoisotopic (exact) mass is 204 g/mol. The van der Waals surface area contributed by atoms with E-state index < -0.39 is 17.9 Å². The molecular formula is C6H5F5O2. The minimum atomic E-state index is -5.87. The molecule has 0 bridgehead atoms. The van der Waals surface area contributed by atoms with Crippen molar-refractivity contribution in [2.75, 3.05) is 7.11 Å². The number of hydrogen-bond donors (Lipinski definition) is 0. The molecule has 7 heteroatoms. The fourth-order valence-corrected chi connectivity index (χ4v) is 0.374. The van der Waals surface area contributed by atoms with E-state index in [1.165, 1.54) is 0 Å². The van der Waals surface area contributed by atoms with Crippen LogP contribution in [-0.4, -0.2) is 25.0 Å². The van der Waals surface area contributed by atoms with E-state index in [1.807, 2.05) is 0 Å². The zero-order valence-corrected chi connectivity index (χ0v) is 6.36. The van der Waals surface area contributed by atoms with Crippen molar-refractivity contribution in [2.45, 2.75) is 12.1 Å². The second-order valence-corrected chi connectivity index (χ2v) is 1.97. The van der Waals surface area contributed by atoms with Crippen molar-refractivity contribution in [3.63, 3.8) is 0 Å². The van der Waals surface area contributed by atoms with Gasteiger partial charge in [0.1, 0.15) is 0 Å². The molecule has 0 aromatic carbocycles. The van der Waals surface area contributed by atoms with E-state index in [4.69, 9.17) is 0 Å². The second kappa shape index (κ2) is 3.71. The van der Waals surface area contributed by atoms with Crippen LogP contribution in [0.25, 0.3) is 0 Å². The summed E-state index contributed by atoms with van der Waals surface area (Å²) in [5, 5.41) is 0. The van der Waals surface area contributed by atoms with Crippen molar-refractivity contribution >= 4 is 5.78 Å². The SMILES string of the molecule is COC=CC(=O)C(F)(F)C(F)(F)F. The molecule has 0 aliphatic rings. The molecule has 0 unspecified atom stereocenters. The molecule has 76 valence electrons. The lowest BCUT2D eigenvalue weighted by Crippen LogP contribution is -2.43. The van der Waals surface area contributed by atoms with Crippen molar-refractivity contribution in [3.05, 3.63) is 12.3 Å². The summed E-state index contributed by atoms with van der Waals surface area (Å²) in [6, 6.07) is 0. The number of halogens is 5. The van der Waals surface area contributed by atoms with Gasteiger partial charge in [-0.3, -0.25) is 4.79 Å². The number of alkyl halides is 5. The molecule has 0 saturated carbocycles. The third kappa shape index (κ3) is 2.67. The molecule has 0 spiro atoms. The third-order valence-corrected chi connectivity index (χ3v) is 1.02. The Morgan fingerprint density at radius 3 is 2.00 bits per heavy atom. The minimum Gasteiger partial charge on any atom is -0.504 e. The van der Waals surface area contributed by atoms with Crippen LogP contribution in [0.1, 0.15) is 0 Å². The van der Waals surface area contributed by atoms with Crippen molar-refractivity contribution < 1.29 is 31.5 Å². The van der Waals surface area contributed by atoms with Gasteiger partial charge in [0.05, 0.1) is 13.4 Å². The highest BCUT2D eigenvalue weighted by atomic mass is 19.4. The average molecular weight is 204 g/mol. The van der Waals surface area contributed by atoms with Gasteiger partial charge in [0.2, 0.25) is 5.78 Å². The first-order chi connectivity index (χ1) is 5.73. The molecule has 0 radical (unpaired) electrons. The lowest BCUT2D eigenvalue weighted by Gasteiger charge is -2.15. The summed E-state index contributed by atoms with van der Waals surface area (Å²) in [4.78, 5) is 10.2. The van der Waals surface area contributed by atoms with E-state index in [0.717, 1.165) is 7.11 Å². The maximum Gasteiger partial charge on any atom is 0.461 e. The molecule has 2 nitrogen and oxygen atoms in total. The van der Waals surface area contributed by atoms with Crippen LogP contribution in [0, 0.1) is 0 Å². The maximum atomic E-state index is 12.1. The number of carbonyl (C=O) groups is 1. The van der Waals surface area contributed by atoms with Crippen molar-refractivity contribution in [1.29, 1.82) is 0 Å². The van der Waals surface area contributed by atoms with Crippen LogP contribution in [-0.2, 0) is 9.53 Å². The second-order valence-electron chi connectivity index (χ2n) is 1.97. The smallest absolute Gasteiger partial charge is 0.461 e. The van der Waals surface area contributed by atoms with Crippen LogP contribution in [0.3, 0.4) is 0 Å². The lowest BCUT2D eigenvalue weighted by atomic mass is 10.2. The average Bonchev–Trinajstić information content (AvgIpc) is 1.97. The largest absolute Gasteiger partial charge is 0.504 e. The maximum absolute atomic E-state index is 12.1. The molecule has 0 aromatic heterocycles. The molecule has 0 rings (SSSR count). The van der Waals surface area contributed by atoms with Gasteiger partial charge in [-0.25, -0.2) is 0 Å². The molecule has 0 aliphatic carbocycles. The Morgan fingerprint density at radius 2 is 1.69 bits per heavy atom. The topological polar surface area (TPSA) is 26.3 Å². The van der Waals surface area contributed by atoms with Gasteiger partial charge in [-0.15, -0.1) is 0 Å². The summed E-state index contributed by atoms with van der Waals surface area (Å²) in [5.41, 5.74) is 0. The number of rotatable bonds is 3. The molecule has 13 heavy (non-hydrogen) atoms. The summed E-state index contributed by atoms with van der Waals surface area (Å²) < 4.78 is 62.5. The van der Waals surface area contributed by atoms with E-state index >= 15 is 0 Å². The van der Waals surface area contributed by atoms with Crippen LogP contribution in [0.5, 0.6) is 0 Å². The fourth-order valence-electron chi connectivity index (χ4n) is 0.374. The van der Waals surface area contributed by atoms with Crippen molar-refractivity contribution in [1.82, 2.24) is 0 Å². The van der Waals surface area contributed by atoms with Crippen LogP contribution >= 0.6 is 0 Å². The first kappa shape index (κ1) is 11.9. The molecule has 0 amide bonds. The van der Waals surface area contributed by atoms with E-state index in [-0.39, 0.29) is 6.08 Å². The van der Waals surface area contributed by atoms with Crippen LogP contribution in [0.2, 0.25) is 0 Å². The molecular weight excluding hydrogens is 199 g/mol. The van der Waals surface area contributed by atoms with Gasteiger partial charge in [0.25, 0.3) is 0 Å². The molecule has 0 heterocycles. The highest BCUT2D eigenvalue weighted by Crippen LogP contribution is 2.36. The highest BCUT2D eigenvalue weighted by Gasteiger charge is 2.62. The van der Waals surface area contributed by atoms with Gasteiger partial charge in [-0.05, 0) is 0 Å². The summed E-state index contributed by atoms with van der Waals surface area (Å²) in [6.07, 6.45) is -5.41. The Balaban J connectivity index is 4.65. The summed E-state index contributed by atoms with van der Waals surface area (Å²) in [5.74, 6) is -7.72. The first-order valence-corrected chi connectivity index (χ1v) is 2.91. The number of ether oxygens (including phenoxy) is 1. The number of methoxy groups -OCH3 is 1. The summed E-state index contributed by atoms with van der Waals surface area (Å²) in [6.45, 7) is 0. The number of allylic oxidation sites excluding steroid dienone is 1. The Hall–Kier alpha value is -1.14. The molecule has 0 aromatic rings. The minimum absolute atomic E-state index is 0.0213. The summed E-state index contributed by atoms with van der Waals surface area (Å²) in [7, 11) is 1.01. The zero-order valence-electron chi connectivity index (χ0n) is 6.36. The predicted molar refractivity (Wildman–Crippen MR) is 32.2 cm³/mol. The summed E-state index contributed by atoms with van der Waals surface area (Å²) >= 11 is 0. The molecule has 0 atom stereocenters. The Kier molecular flexibility index (Phi) is 3.39. The third-order valence-electron chi connectivity index (χ3n) is 1.02. The molecule has 0 N–H and O–H groups in total. The van der Waals surface area contributed by atoms with E-state index in [1.54, 1.807) is 0 Å². The quantitative estimate of drug-likeness (QED) is 0.398. The van der Waals surface area contributed by atoms with Crippen molar-refractivity contribution in [2.24, 2.45) is 0 Å². The number of carbonyl (C=O) groups excluding carboxylic acids is 1. The van der Waals surface area contributed by atoms with E-state index in [9.17, 15) is 26.7 Å². The highest BCUT2D eigenvalue weighted by molar-refractivity contribution is 5.96. The van der Waals surface area contributed by atoms with Gasteiger partial charge in [-0.2, -0.15) is 22.0 Å². The predicted octanol–water partition coefficient (Wildman–Crippen LogP) is 1.91. The van der Waals surface area contributed by atoms with Gasteiger partial charge >= 0.3 is 12.1 Å². The van der Waals surface area contributed by atoms with Crippen LogP contribution in [0.15, 0.2) is 12.3 Å². The van der Waals surface area contributed by atoms with Crippen LogP contribution in [0.4, 0.5) is 22.0 Å². The standard InChI is InChI=1S/C6H5F5O2/c1-13-3-2-4(12)5(7,8)6(9,10)11/h2-3H,1H3. The Bertz CT molecular complexity index is 218. The normalized spacial score (nSPS) is 13.4. The number of ketones is 1. The molecule has 0 aliphatic heterocycles. The zero-order chi connectivity index (χ0) is 10.7. The first-order valence-electron chi connectivity index (χ1n) is 2.91. The van der Waals surface area contributed by atoms with Gasteiger partial charge < -0.3 is 4.74 Å². The Labute approximate surface area is 70.0 Å². The Morgan fingerprint density at radius 1 is 1.23 bits per heavy atom. The van der Waals surface area contributed by atoms with Gasteiger partial charge in [0, 0.05) is 6.08 Å². The lowest BCUT2D eigenvalue weighted by molar-refractivity contribution is -0.266. The van der Waals surface area contributed by atoms with E-state index in [2.05, 4.69) is 4.74 Å². The van der Waals surface area contributed by atoms with E-state index in [0.29, 0.717) is 6.26 Å².